The fourth-order valence-corrected chi connectivity index (χ4v) is 2.53. The molecule has 0 aliphatic rings. The standard InChI is InChI=1S/C20H26O7/c1-3-4-5-6-10-26-19-18(22)16-13-15(8-9-17(16)27-20(19)23)25-12-7-11-24-14(2)21/h8-9,13,22H,3-7,10-12H2,1-2H3. The van der Waals surface area contributed by atoms with Crippen LogP contribution in [-0.2, 0) is 9.53 Å². The highest BCUT2D eigenvalue weighted by Crippen LogP contribution is 2.33. The lowest BCUT2D eigenvalue weighted by atomic mass is 10.2. The zero-order chi connectivity index (χ0) is 19.6. The van der Waals surface area contributed by atoms with Gasteiger partial charge in [-0.3, -0.25) is 4.79 Å². The zero-order valence-corrected chi connectivity index (χ0v) is 15.8. The molecule has 0 radical (unpaired) electrons. The van der Waals surface area contributed by atoms with Crippen molar-refractivity contribution in [3.63, 3.8) is 0 Å². The summed E-state index contributed by atoms with van der Waals surface area (Å²) in [5.41, 5.74) is -0.450. The lowest BCUT2D eigenvalue weighted by Gasteiger charge is -2.10. The van der Waals surface area contributed by atoms with Gasteiger partial charge < -0.3 is 23.7 Å². The second kappa shape index (κ2) is 10.4. The number of fused-ring (bicyclic) bond motifs is 1. The molecule has 2 rings (SSSR count). The first-order chi connectivity index (χ1) is 13.0. The molecule has 1 aromatic carbocycles. The van der Waals surface area contributed by atoms with E-state index in [4.69, 9.17) is 18.6 Å². The normalized spacial score (nSPS) is 10.7. The molecular weight excluding hydrogens is 352 g/mol. The Kier molecular flexibility index (Phi) is 7.98. The Labute approximate surface area is 157 Å². The van der Waals surface area contributed by atoms with E-state index in [2.05, 4.69) is 6.92 Å². The average molecular weight is 378 g/mol. The molecule has 0 unspecified atom stereocenters. The molecule has 0 spiro atoms. The number of hydrogen-bond donors (Lipinski definition) is 1. The van der Waals surface area contributed by atoms with Crippen molar-refractivity contribution in [1.82, 2.24) is 0 Å². The van der Waals surface area contributed by atoms with Gasteiger partial charge in [-0.05, 0) is 24.6 Å². The molecule has 2 aromatic rings. The van der Waals surface area contributed by atoms with Crippen LogP contribution in [0.2, 0.25) is 0 Å². The van der Waals surface area contributed by atoms with Crippen molar-refractivity contribution in [1.29, 1.82) is 0 Å². The molecule has 0 bridgehead atoms. The van der Waals surface area contributed by atoms with Gasteiger partial charge in [-0.2, -0.15) is 0 Å². The lowest BCUT2D eigenvalue weighted by molar-refractivity contribution is -0.141. The van der Waals surface area contributed by atoms with Crippen LogP contribution in [0.1, 0.15) is 46.0 Å². The van der Waals surface area contributed by atoms with Crippen LogP contribution in [0.5, 0.6) is 17.2 Å². The molecule has 1 aromatic heterocycles. The molecule has 0 amide bonds. The van der Waals surface area contributed by atoms with Crippen LogP contribution in [0.3, 0.4) is 0 Å². The number of unbranched alkanes of at least 4 members (excludes halogenated alkanes) is 3. The van der Waals surface area contributed by atoms with E-state index < -0.39 is 5.63 Å². The van der Waals surface area contributed by atoms with E-state index in [1.165, 1.54) is 6.92 Å². The highest BCUT2D eigenvalue weighted by atomic mass is 16.5. The van der Waals surface area contributed by atoms with E-state index in [-0.39, 0.29) is 29.7 Å². The molecule has 7 nitrogen and oxygen atoms in total. The SMILES string of the molecule is CCCCCCOc1c(O)c2cc(OCCCOC(C)=O)ccc2oc1=O. The summed E-state index contributed by atoms with van der Waals surface area (Å²) >= 11 is 0. The van der Waals surface area contributed by atoms with Crippen LogP contribution >= 0.6 is 0 Å². The summed E-state index contributed by atoms with van der Waals surface area (Å²) < 4.78 is 21.1. The summed E-state index contributed by atoms with van der Waals surface area (Å²) in [6.07, 6.45) is 4.55. The van der Waals surface area contributed by atoms with Crippen LogP contribution < -0.4 is 15.1 Å². The maximum absolute atomic E-state index is 12.0. The highest BCUT2D eigenvalue weighted by Gasteiger charge is 2.16. The third kappa shape index (κ3) is 6.20. The Bertz CT molecular complexity index is 810. The smallest absolute Gasteiger partial charge is 0.383 e. The highest BCUT2D eigenvalue weighted by molar-refractivity contribution is 5.86. The molecule has 0 fully saturated rings. The Morgan fingerprint density at radius 3 is 2.59 bits per heavy atom. The summed E-state index contributed by atoms with van der Waals surface area (Å²) in [4.78, 5) is 22.7. The molecule has 1 heterocycles. The van der Waals surface area contributed by atoms with E-state index >= 15 is 0 Å². The molecule has 0 aliphatic heterocycles. The molecule has 0 atom stereocenters. The molecular formula is C20H26O7. The van der Waals surface area contributed by atoms with E-state index in [9.17, 15) is 14.7 Å². The summed E-state index contributed by atoms with van der Waals surface area (Å²) in [5, 5.41) is 10.8. The maximum atomic E-state index is 12.0. The van der Waals surface area contributed by atoms with Crippen molar-refractivity contribution in [3.8, 4) is 17.2 Å². The van der Waals surface area contributed by atoms with Crippen molar-refractivity contribution in [3.05, 3.63) is 28.6 Å². The minimum Gasteiger partial charge on any atom is -0.504 e. The van der Waals surface area contributed by atoms with Crippen molar-refractivity contribution < 1.29 is 28.5 Å². The molecule has 0 saturated carbocycles. The van der Waals surface area contributed by atoms with Crippen molar-refractivity contribution in [2.24, 2.45) is 0 Å². The van der Waals surface area contributed by atoms with Gasteiger partial charge in [0.15, 0.2) is 5.75 Å². The second-order valence-corrected chi connectivity index (χ2v) is 6.18. The molecule has 148 valence electrons. The van der Waals surface area contributed by atoms with Gasteiger partial charge >= 0.3 is 11.6 Å². The maximum Gasteiger partial charge on any atom is 0.383 e. The number of carbonyl (C=O) groups excluding carboxylic acids is 1. The summed E-state index contributed by atoms with van der Waals surface area (Å²) in [5.74, 6) is -0.251. The Morgan fingerprint density at radius 1 is 1.07 bits per heavy atom. The number of hydrogen-bond acceptors (Lipinski definition) is 7. The number of benzene rings is 1. The summed E-state index contributed by atoms with van der Waals surface area (Å²) in [6.45, 7) is 4.43. The minimum atomic E-state index is -0.703. The van der Waals surface area contributed by atoms with E-state index in [0.29, 0.717) is 30.8 Å². The van der Waals surface area contributed by atoms with E-state index in [1.54, 1.807) is 18.2 Å². The first-order valence-corrected chi connectivity index (χ1v) is 9.21. The fourth-order valence-electron chi connectivity index (χ4n) is 2.53. The van der Waals surface area contributed by atoms with Crippen LogP contribution in [0, 0.1) is 0 Å². The number of esters is 1. The summed E-state index contributed by atoms with van der Waals surface area (Å²) in [6, 6.07) is 4.79. The Balaban J connectivity index is 2.04. The average Bonchev–Trinajstić information content (AvgIpc) is 2.63. The first-order valence-electron chi connectivity index (χ1n) is 9.21. The molecule has 0 aliphatic carbocycles. The molecule has 1 N–H and O–H groups in total. The monoisotopic (exact) mass is 378 g/mol. The number of rotatable bonds is 11. The topological polar surface area (TPSA) is 95.2 Å². The summed E-state index contributed by atoms with van der Waals surface area (Å²) in [7, 11) is 0. The Morgan fingerprint density at radius 2 is 1.85 bits per heavy atom. The van der Waals surface area contributed by atoms with E-state index in [1.807, 2.05) is 0 Å². The van der Waals surface area contributed by atoms with Gasteiger partial charge in [0, 0.05) is 13.3 Å². The Hall–Kier alpha value is -2.70. The molecule has 0 saturated heterocycles. The van der Waals surface area contributed by atoms with E-state index in [0.717, 1.165) is 25.7 Å². The molecule has 27 heavy (non-hydrogen) atoms. The minimum absolute atomic E-state index is 0.175. The van der Waals surface area contributed by atoms with Crippen molar-refractivity contribution in [2.45, 2.75) is 46.0 Å². The first kappa shape index (κ1) is 20.6. The van der Waals surface area contributed by atoms with Crippen molar-refractivity contribution >= 4 is 16.9 Å². The van der Waals surface area contributed by atoms with Gasteiger partial charge in [0.05, 0.1) is 25.2 Å². The van der Waals surface area contributed by atoms with Crippen molar-refractivity contribution in [2.75, 3.05) is 19.8 Å². The number of aromatic hydroxyl groups is 1. The third-order valence-electron chi connectivity index (χ3n) is 3.92. The largest absolute Gasteiger partial charge is 0.504 e. The van der Waals surface area contributed by atoms with Gasteiger partial charge in [-0.15, -0.1) is 0 Å². The fraction of sp³-hybridized carbons (Fsp3) is 0.500. The lowest BCUT2D eigenvalue weighted by Crippen LogP contribution is -2.09. The van der Waals surface area contributed by atoms with Crippen LogP contribution in [0.4, 0.5) is 0 Å². The molecule has 7 heteroatoms. The van der Waals surface area contributed by atoms with Gasteiger partial charge in [0.2, 0.25) is 5.75 Å². The van der Waals surface area contributed by atoms with Crippen LogP contribution in [0.15, 0.2) is 27.4 Å². The zero-order valence-electron chi connectivity index (χ0n) is 15.8. The predicted octanol–water partition coefficient (Wildman–Crippen LogP) is 3.79. The third-order valence-corrected chi connectivity index (χ3v) is 3.92. The van der Waals surface area contributed by atoms with Gasteiger partial charge in [-0.25, -0.2) is 4.79 Å². The predicted molar refractivity (Wildman–Crippen MR) is 101 cm³/mol. The second-order valence-electron chi connectivity index (χ2n) is 6.18. The number of ether oxygens (including phenoxy) is 3. The number of carbonyl (C=O) groups is 1. The quantitative estimate of drug-likeness (QED) is 0.361. The van der Waals surface area contributed by atoms with Gasteiger partial charge in [0.1, 0.15) is 11.3 Å². The van der Waals surface area contributed by atoms with Crippen LogP contribution in [0.25, 0.3) is 11.0 Å². The van der Waals surface area contributed by atoms with Gasteiger partial charge in [0.25, 0.3) is 0 Å². The van der Waals surface area contributed by atoms with Gasteiger partial charge in [-0.1, -0.05) is 26.2 Å². The van der Waals surface area contributed by atoms with Crippen LogP contribution in [-0.4, -0.2) is 30.9 Å².